The fourth-order valence-corrected chi connectivity index (χ4v) is 2.46. The van der Waals surface area contributed by atoms with Gasteiger partial charge in [-0.2, -0.15) is 0 Å². The second-order valence-electron chi connectivity index (χ2n) is 5.46. The molecule has 1 atom stereocenters. The van der Waals surface area contributed by atoms with Gasteiger partial charge in [-0.1, -0.05) is 32.9 Å². The number of nitrogens with one attached hydrogen (secondary N) is 1. The Balaban J connectivity index is 2.70. The van der Waals surface area contributed by atoms with Gasteiger partial charge in [0.15, 0.2) is 0 Å². The first-order valence-corrected chi connectivity index (χ1v) is 6.75. The van der Waals surface area contributed by atoms with Gasteiger partial charge in [0.05, 0.1) is 4.47 Å². The molecule has 1 rings (SSSR count). The Morgan fingerprint density at radius 2 is 2.00 bits per heavy atom. The van der Waals surface area contributed by atoms with E-state index in [2.05, 4.69) is 42.0 Å². The summed E-state index contributed by atoms with van der Waals surface area (Å²) in [7, 11) is 1.97. The molecule has 1 nitrogen and oxygen atoms in total. The predicted octanol–water partition coefficient (Wildman–Crippen LogP) is 4.15. The van der Waals surface area contributed by atoms with Gasteiger partial charge in [-0.05, 0) is 52.9 Å². The van der Waals surface area contributed by atoms with Gasteiger partial charge in [0, 0.05) is 6.04 Å². The van der Waals surface area contributed by atoms with Crippen LogP contribution in [-0.2, 0) is 6.42 Å². The van der Waals surface area contributed by atoms with Crippen LogP contribution >= 0.6 is 15.9 Å². The minimum atomic E-state index is -0.128. The molecular formula is C14H21BrFN. The number of hydrogen-bond donors (Lipinski definition) is 1. The molecule has 0 radical (unpaired) electrons. The molecule has 0 heterocycles. The molecule has 0 saturated heterocycles. The first-order chi connectivity index (χ1) is 7.86. The van der Waals surface area contributed by atoms with Gasteiger partial charge in [-0.25, -0.2) is 4.39 Å². The Kier molecular flexibility index (Phi) is 5.14. The van der Waals surface area contributed by atoms with Crippen LogP contribution in [0.15, 0.2) is 22.7 Å². The summed E-state index contributed by atoms with van der Waals surface area (Å²) in [6, 6.07) is 5.86. The summed E-state index contributed by atoms with van der Waals surface area (Å²) in [4.78, 5) is 0. The van der Waals surface area contributed by atoms with Gasteiger partial charge in [-0.15, -0.1) is 0 Å². The molecule has 0 bridgehead atoms. The standard InChI is InChI=1S/C14H21BrFN/c1-14(2,3)12(17-4)9-8-10-6-5-7-11(15)13(10)16/h5-7,12,17H,8-9H2,1-4H3. The summed E-state index contributed by atoms with van der Waals surface area (Å²) in [5.41, 5.74) is 0.973. The lowest BCUT2D eigenvalue weighted by molar-refractivity contribution is 0.267. The molecule has 1 unspecified atom stereocenters. The van der Waals surface area contributed by atoms with E-state index in [1.807, 2.05) is 19.2 Å². The van der Waals surface area contributed by atoms with Crippen LogP contribution < -0.4 is 5.32 Å². The molecule has 0 aromatic heterocycles. The van der Waals surface area contributed by atoms with E-state index in [0.717, 1.165) is 18.4 Å². The topological polar surface area (TPSA) is 12.0 Å². The third-order valence-corrected chi connectivity index (χ3v) is 3.74. The summed E-state index contributed by atoms with van der Waals surface area (Å²) in [6.07, 6.45) is 1.70. The zero-order chi connectivity index (χ0) is 13.1. The Hall–Kier alpha value is -0.410. The normalized spacial score (nSPS) is 13.8. The summed E-state index contributed by atoms with van der Waals surface area (Å²) in [6.45, 7) is 6.60. The van der Waals surface area contributed by atoms with Crippen molar-refractivity contribution in [2.45, 2.75) is 39.7 Å². The SMILES string of the molecule is CNC(CCc1cccc(Br)c1F)C(C)(C)C. The molecule has 1 N–H and O–H groups in total. The molecule has 96 valence electrons. The summed E-state index contributed by atoms with van der Waals surface area (Å²) in [5, 5.41) is 3.31. The van der Waals surface area contributed by atoms with E-state index in [9.17, 15) is 4.39 Å². The first-order valence-electron chi connectivity index (χ1n) is 5.96. The Bertz CT molecular complexity index is 371. The van der Waals surface area contributed by atoms with Crippen molar-refractivity contribution < 1.29 is 4.39 Å². The van der Waals surface area contributed by atoms with Crippen molar-refractivity contribution in [1.29, 1.82) is 0 Å². The average Bonchev–Trinajstić information content (AvgIpc) is 2.23. The molecule has 1 aromatic rings. The first kappa shape index (κ1) is 14.7. The van der Waals surface area contributed by atoms with E-state index in [0.29, 0.717) is 10.5 Å². The van der Waals surface area contributed by atoms with Crippen LogP contribution in [0, 0.1) is 11.2 Å². The van der Waals surface area contributed by atoms with E-state index in [-0.39, 0.29) is 11.2 Å². The maximum Gasteiger partial charge on any atom is 0.140 e. The van der Waals surface area contributed by atoms with E-state index < -0.39 is 0 Å². The molecule has 0 amide bonds. The van der Waals surface area contributed by atoms with Crippen molar-refractivity contribution >= 4 is 15.9 Å². The molecule has 0 saturated carbocycles. The molecule has 17 heavy (non-hydrogen) atoms. The van der Waals surface area contributed by atoms with Crippen LogP contribution in [0.1, 0.15) is 32.8 Å². The monoisotopic (exact) mass is 301 g/mol. The Morgan fingerprint density at radius 3 is 2.53 bits per heavy atom. The summed E-state index contributed by atoms with van der Waals surface area (Å²) < 4.78 is 14.3. The zero-order valence-corrected chi connectivity index (χ0v) is 12.6. The van der Waals surface area contributed by atoms with E-state index in [1.165, 1.54) is 0 Å². The van der Waals surface area contributed by atoms with Crippen molar-refractivity contribution in [3.05, 3.63) is 34.1 Å². The van der Waals surface area contributed by atoms with Crippen molar-refractivity contribution in [3.63, 3.8) is 0 Å². The highest BCUT2D eigenvalue weighted by atomic mass is 79.9. The third kappa shape index (κ3) is 4.07. The molecule has 0 aliphatic rings. The molecular weight excluding hydrogens is 281 g/mol. The maximum absolute atomic E-state index is 13.8. The van der Waals surface area contributed by atoms with Crippen LogP contribution in [0.3, 0.4) is 0 Å². The minimum absolute atomic E-state index is 0.128. The van der Waals surface area contributed by atoms with Crippen LogP contribution in [0.5, 0.6) is 0 Å². The second-order valence-corrected chi connectivity index (χ2v) is 6.31. The average molecular weight is 302 g/mol. The highest BCUT2D eigenvalue weighted by Crippen LogP contribution is 2.25. The quantitative estimate of drug-likeness (QED) is 0.881. The predicted molar refractivity (Wildman–Crippen MR) is 74.7 cm³/mol. The maximum atomic E-state index is 13.8. The molecule has 0 spiro atoms. The fourth-order valence-electron chi connectivity index (χ4n) is 2.05. The largest absolute Gasteiger partial charge is 0.316 e. The summed E-state index contributed by atoms with van der Waals surface area (Å²) in [5.74, 6) is -0.128. The van der Waals surface area contributed by atoms with Crippen LogP contribution in [0.4, 0.5) is 4.39 Å². The number of aryl methyl sites for hydroxylation is 1. The number of halogens is 2. The Labute approximate surface area is 112 Å². The second kappa shape index (κ2) is 5.96. The van der Waals surface area contributed by atoms with Gasteiger partial charge < -0.3 is 5.32 Å². The van der Waals surface area contributed by atoms with Crippen molar-refractivity contribution in [2.75, 3.05) is 7.05 Å². The zero-order valence-electron chi connectivity index (χ0n) is 11.0. The number of hydrogen-bond acceptors (Lipinski definition) is 1. The van der Waals surface area contributed by atoms with Crippen LogP contribution in [0.25, 0.3) is 0 Å². The lowest BCUT2D eigenvalue weighted by Crippen LogP contribution is -2.38. The number of benzene rings is 1. The van der Waals surface area contributed by atoms with E-state index in [4.69, 9.17) is 0 Å². The van der Waals surface area contributed by atoms with Gasteiger partial charge in [-0.3, -0.25) is 0 Å². The van der Waals surface area contributed by atoms with Crippen LogP contribution in [0.2, 0.25) is 0 Å². The smallest absolute Gasteiger partial charge is 0.140 e. The van der Waals surface area contributed by atoms with Gasteiger partial charge >= 0.3 is 0 Å². The molecule has 0 aliphatic heterocycles. The highest BCUT2D eigenvalue weighted by Gasteiger charge is 2.22. The number of rotatable bonds is 4. The fraction of sp³-hybridized carbons (Fsp3) is 0.571. The van der Waals surface area contributed by atoms with Crippen LogP contribution in [-0.4, -0.2) is 13.1 Å². The minimum Gasteiger partial charge on any atom is -0.316 e. The highest BCUT2D eigenvalue weighted by molar-refractivity contribution is 9.10. The van der Waals surface area contributed by atoms with Crippen molar-refractivity contribution in [3.8, 4) is 0 Å². The van der Waals surface area contributed by atoms with Gasteiger partial charge in [0.25, 0.3) is 0 Å². The summed E-state index contributed by atoms with van der Waals surface area (Å²) >= 11 is 3.22. The van der Waals surface area contributed by atoms with Crippen molar-refractivity contribution in [2.24, 2.45) is 5.41 Å². The molecule has 1 aromatic carbocycles. The molecule has 0 fully saturated rings. The molecule has 0 aliphatic carbocycles. The lowest BCUT2D eigenvalue weighted by Gasteiger charge is -2.30. The Morgan fingerprint density at radius 1 is 1.35 bits per heavy atom. The van der Waals surface area contributed by atoms with Crippen molar-refractivity contribution in [1.82, 2.24) is 5.32 Å². The molecule has 3 heteroatoms. The van der Waals surface area contributed by atoms with Gasteiger partial charge in [0.1, 0.15) is 5.82 Å². The lowest BCUT2D eigenvalue weighted by atomic mass is 9.83. The van der Waals surface area contributed by atoms with E-state index in [1.54, 1.807) is 6.07 Å². The van der Waals surface area contributed by atoms with E-state index >= 15 is 0 Å². The third-order valence-electron chi connectivity index (χ3n) is 3.13. The van der Waals surface area contributed by atoms with Gasteiger partial charge in [0.2, 0.25) is 0 Å².